The summed E-state index contributed by atoms with van der Waals surface area (Å²) in [7, 11) is -3.64. The van der Waals surface area contributed by atoms with Crippen molar-refractivity contribution in [1.82, 2.24) is 9.80 Å². The van der Waals surface area contributed by atoms with E-state index in [9.17, 15) is 13.2 Å². The number of sulfonamides is 1. The number of nitrogens with zero attached hydrogens (tertiary/aromatic N) is 2. The summed E-state index contributed by atoms with van der Waals surface area (Å²) in [6, 6.07) is 6.64. The second kappa shape index (κ2) is 7.72. The van der Waals surface area contributed by atoms with E-state index in [0.717, 1.165) is 31.6 Å². The van der Waals surface area contributed by atoms with Crippen LogP contribution in [0.4, 0.5) is 4.79 Å². The van der Waals surface area contributed by atoms with Gasteiger partial charge in [0, 0.05) is 32.7 Å². The van der Waals surface area contributed by atoms with Crippen molar-refractivity contribution in [2.45, 2.75) is 37.7 Å². The highest BCUT2D eigenvalue weighted by molar-refractivity contribution is 7.89. The van der Waals surface area contributed by atoms with Crippen LogP contribution < -0.4 is 5.14 Å². The topological polar surface area (TPSA) is 92.9 Å². The third kappa shape index (κ3) is 6.30. The first-order valence-corrected chi connectivity index (χ1v) is 9.91. The van der Waals surface area contributed by atoms with Crippen LogP contribution in [0.5, 0.6) is 0 Å². The number of primary sulfonamides is 1. The van der Waals surface area contributed by atoms with E-state index in [1.165, 1.54) is 12.1 Å². The molecule has 0 spiro atoms. The van der Waals surface area contributed by atoms with Gasteiger partial charge < -0.3 is 9.64 Å². The zero-order chi connectivity index (χ0) is 18.7. The fourth-order valence-electron chi connectivity index (χ4n) is 2.61. The van der Waals surface area contributed by atoms with E-state index in [2.05, 4.69) is 4.90 Å². The number of hydrogen-bond donors (Lipinski definition) is 1. The van der Waals surface area contributed by atoms with Crippen molar-refractivity contribution in [3.05, 3.63) is 29.8 Å². The maximum absolute atomic E-state index is 12.0. The summed E-state index contributed by atoms with van der Waals surface area (Å²) >= 11 is 0. The second-order valence-electron chi connectivity index (χ2n) is 7.25. The fourth-order valence-corrected chi connectivity index (χ4v) is 3.13. The Kier molecular flexibility index (Phi) is 6.08. The molecule has 0 atom stereocenters. The van der Waals surface area contributed by atoms with Crippen molar-refractivity contribution < 1.29 is 17.9 Å². The molecule has 1 aliphatic heterocycles. The van der Waals surface area contributed by atoms with Gasteiger partial charge in [0.25, 0.3) is 0 Å². The molecular weight excluding hydrogens is 342 g/mol. The zero-order valence-corrected chi connectivity index (χ0v) is 15.9. The van der Waals surface area contributed by atoms with Gasteiger partial charge in [0.05, 0.1) is 4.90 Å². The molecule has 1 aliphatic rings. The number of hydrogen-bond acceptors (Lipinski definition) is 5. The first-order chi connectivity index (χ1) is 11.5. The van der Waals surface area contributed by atoms with Gasteiger partial charge in [-0.15, -0.1) is 0 Å². The fraction of sp³-hybridized carbons (Fsp3) is 0.588. The Morgan fingerprint density at radius 1 is 1.12 bits per heavy atom. The maximum Gasteiger partial charge on any atom is 0.410 e. The lowest BCUT2D eigenvalue weighted by atomic mass is 10.1. The highest BCUT2D eigenvalue weighted by atomic mass is 32.2. The summed E-state index contributed by atoms with van der Waals surface area (Å²) < 4.78 is 27.9. The number of nitrogens with two attached hydrogens (primary N) is 1. The van der Waals surface area contributed by atoms with Gasteiger partial charge in [0.15, 0.2) is 0 Å². The molecule has 0 aromatic heterocycles. The number of rotatable bonds is 4. The van der Waals surface area contributed by atoms with Crippen molar-refractivity contribution in [1.29, 1.82) is 0 Å². The molecule has 25 heavy (non-hydrogen) atoms. The van der Waals surface area contributed by atoms with Gasteiger partial charge in [0.1, 0.15) is 5.60 Å². The summed E-state index contributed by atoms with van der Waals surface area (Å²) in [6.45, 7) is 9.35. The maximum atomic E-state index is 12.0. The molecule has 0 unspecified atom stereocenters. The van der Waals surface area contributed by atoms with Crippen LogP contribution in [0.25, 0.3) is 0 Å². The van der Waals surface area contributed by atoms with Crippen LogP contribution in [-0.4, -0.2) is 62.6 Å². The number of carbonyl (C=O) groups excluding carboxylic acids is 1. The van der Waals surface area contributed by atoms with Gasteiger partial charge in [-0.05, 0) is 44.9 Å². The molecule has 1 aromatic carbocycles. The summed E-state index contributed by atoms with van der Waals surface area (Å²) in [5.41, 5.74) is 0.583. The smallest absolute Gasteiger partial charge is 0.410 e. The van der Waals surface area contributed by atoms with Crippen molar-refractivity contribution in [3.63, 3.8) is 0 Å². The van der Waals surface area contributed by atoms with Crippen LogP contribution in [0, 0.1) is 0 Å². The first-order valence-electron chi connectivity index (χ1n) is 8.37. The van der Waals surface area contributed by atoms with E-state index in [1.807, 2.05) is 20.8 Å². The highest BCUT2D eigenvalue weighted by Crippen LogP contribution is 2.13. The standard InChI is InChI=1S/C17H27N3O4S/c1-17(2,3)24-16(21)20-12-10-19(11-13-20)9-8-14-4-6-15(7-5-14)25(18,22)23/h4-7H,8-13H2,1-3H3,(H2,18,22,23). The van der Waals surface area contributed by atoms with E-state index in [0.29, 0.717) is 13.1 Å². The number of ether oxygens (including phenoxy) is 1. The van der Waals surface area contributed by atoms with E-state index >= 15 is 0 Å². The quantitative estimate of drug-likeness (QED) is 0.867. The molecule has 1 fully saturated rings. The molecule has 2 N–H and O–H groups in total. The largest absolute Gasteiger partial charge is 0.444 e. The number of carbonyl (C=O) groups is 1. The Morgan fingerprint density at radius 2 is 1.68 bits per heavy atom. The molecule has 1 aromatic rings. The van der Waals surface area contributed by atoms with E-state index in [-0.39, 0.29) is 11.0 Å². The molecule has 0 bridgehead atoms. The van der Waals surface area contributed by atoms with Crippen molar-refractivity contribution in [3.8, 4) is 0 Å². The Bertz CT molecular complexity index is 688. The van der Waals surface area contributed by atoms with Gasteiger partial charge in [-0.2, -0.15) is 0 Å². The van der Waals surface area contributed by atoms with Gasteiger partial charge >= 0.3 is 6.09 Å². The van der Waals surface area contributed by atoms with Crippen LogP contribution in [0.3, 0.4) is 0 Å². The van der Waals surface area contributed by atoms with E-state index < -0.39 is 15.6 Å². The average molecular weight is 369 g/mol. The predicted molar refractivity (Wildman–Crippen MR) is 95.8 cm³/mol. The minimum absolute atomic E-state index is 0.127. The second-order valence-corrected chi connectivity index (χ2v) is 8.81. The zero-order valence-electron chi connectivity index (χ0n) is 15.1. The molecule has 0 radical (unpaired) electrons. The highest BCUT2D eigenvalue weighted by Gasteiger charge is 2.25. The molecule has 7 nitrogen and oxygen atoms in total. The molecule has 2 rings (SSSR count). The van der Waals surface area contributed by atoms with Gasteiger partial charge in [-0.1, -0.05) is 12.1 Å². The third-order valence-corrected chi connectivity index (χ3v) is 4.92. The Hall–Kier alpha value is -1.64. The minimum atomic E-state index is -3.64. The lowest BCUT2D eigenvalue weighted by molar-refractivity contribution is 0.0146. The molecular formula is C17H27N3O4S. The van der Waals surface area contributed by atoms with E-state index in [1.54, 1.807) is 17.0 Å². The number of piperazine rings is 1. The molecule has 1 amide bonds. The van der Waals surface area contributed by atoms with Crippen LogP contribution in [0.1, 0.15) is 26.3 Å². The Labute approximate surface area is 149 Å². The monoisotopic (exact) mass is 369 g/mol. The van der Waals surface area contributed by atoms with Gasteiger partial charge in [-0.25, -0.2) is 18.4 Å². The van der Waals surface area contributed by atoms with Crippen LogP contribution in [0.2, 0.25) is 0 Å². The van der Waals surface area contributed by atoms with Crippen molar-refractivity contribution >= 4 is 16.1 Å². The van der Waals surface area contributed by atoms with Crippen LogP contribution in [-0.2, 0) is 21.2 Å². The first kappa shape index (κ1) is 19.7. The summed E-state index contributed by atoms with van der Waals surface area (Å²) in [5.74, 6) is 0. The Balaban J connectivity index is 1.78. The molecule has 0 aliphatic carbocycles. The van der Waals surface area contributed by atoms with Gasteiger partial charge in [-0.3, -0.25) is 4.90 Å². The number of amides is 1. The molecule has 1 heterocycles. The third-order valence-electron chi connectivity index (χ3n) is 3.99. The number of benzene rings is 1. The van der Waals surface area contributed by atoms with Crippen LogP contribution >= 0.6 is 0 Å². The SMILES string of the molecule is CC(C)(C)OC(=O)N1CCN(CCc2ccc(S(N)(=O)=O)cc2)CC1. The van der Waals surface area contributed by atoms with E-state index in [4.69, 9.17) is 9.88 Å². The lowest BCUT2D eigenvalue weighted by Crippen LogP contribution is -2.50. The summed E-state index contributed by atoms with van der Waals surface area (Å²) in [5, 5.41) is 5.09. The summed E-state index contributed by atoms with van der Waals surface area (Å²) in [4.78, 5) is 16.2. The predicted octanol–water partition coefficient (Wildman–Crippen LogP) is 1.43. The Morgan fingerprint density at radius 3 is 2.16 bits per heavy atom. The average Bonchev–Trinajstić information content (AvgIpc) is 2.51. The normalized spacial score (nSPS) is 16.7. The molecule has 1 saturated heterocycles. The van der Waals surface area contributed by atoms with Crippen LogP contribution in [0.15, 0.2) is 29.2 Å². The van der Waals surface area contributed by atoms with Gasteiger partial charge in [0.2, 0.25) is 10.0 Å². The molecule has 0 saturated carbocycles. The lowest BCUT2D eigenvalue weighted by Gasteiger charge is -2.35. The summed E-state index contributed by atoms with van der Waals surface area (Å²) in [6.07, 6.45) is 0.558. The van der Waals surface area contributed by atoms with Crippen molar-refractivity contribution in [2.24, 2.45) is 5.14 Å². The molecule has 140 valence electrons. The molecule has 8 heteroatoms. The van der Waals surface area contributed by atoms with Crippen molar-refractivity contribution in [2.75, 3.05) is 32.7 Å². The minimum Gasteiger partial charge on any atom is -0.444 e.